The number of aliphatic carboxylic acids is 1. The fourth-order valence-electron chi connectivity index (χ4n) is 3.89. The van der Waals surface area contributed by atoms with Gasteiger partial charge in [0, 0.05) is 50.4 Å². The third kappa shape index (κ3) is 7.19. The predicted molar refractivity (Wildman–Crippen MR) is 118 cm³/mol. The normalized spacial score (nSPS) is 24.7. The number of ketones is 1. The maximum absolute atomic E-state index is 13.3. The zero-order valence-corrected chi connectivity index (χ0v) is 19.8. The van der Waals surface area contributed by atoms with Crippen molar-refractivity contribution in [2.24, 2.45) is 11.8 Å². The molecular weight excluding hydrogens is 438 g/mol. The molecule has 2 amide bonds. The van der Waals surface area contributed by atoms with Crippen LogP contribution in [0.5, 0.6) is 0 Å². The molecule has 0 aromatic rings. The van der Waals surface area contributed by atoms with Gasteiger partial charge < -0.3 is 25.4 Å². The van der Waals surface area contributed by atoms with Crippen molar-refractivity contribution in [1.82, 2.24) is 15.5 Å². The molecule has 0 bridgehead atoms. The maximum atomic E-state index is 13.3. The number of thioether (sulfide) groups is 1. The number of Topliss-reactive ketones (excluding diaryl/α,β-unsaturated/α-hetero) is 1. The van der Waals surface area contributed by atoms with Crippen LogP contribution in [-0.2, 0) is 28.7 Å². The number of carbonyl (C=O) groups excluding carboxylic acids is 4. The Morgan fingerprint density at radius 1 is 1.31 bits per heavy atom. The van der Waals surface area contributed by atoms with Crippen LogP contribution in [-0.4, -0.2) is 88.4 Å². The summed E-state index contributed by atoms with van der Waals surface area (Å²) in [5.74, 6) is -3.28. The zero-order valence-electron chi connectivity index (χ0n) is 19.0. The molecule has 0 aromatic carbocycles. The monoisotopic (exact) mass is 471 g/mol. The third-order valence-electron chi connectivity index (χ3n) is 5.38. The van der Waals surface area contributed by atoms with E-state index in [1.165, 1.54) is 23.6 Å². The molecule has 4 atom stereocenters. The number of amides is 2. The van der Waals surface area contributed by atoms with Gasteiger partial charge in [-0.1, -0.05) is 0 Å². The predicted octanol–water partition coefficient (Wildman–Crippen LogP) is 0.0463. The minimum absolute atomic E-state index is 0.0839. The van der Waals surface area contributed by atoms with E-state index in [0.29, 0.717) is 13.0 Å². The number of nitrogens with zero attached hydrogens (tertiary/aromatic N) is 1. The van der Waals surface area contributed by atoms with Gasteiger partial charge in [-0.15, -0.1) is 0 Å². The lowest BCUT2D eigenvalue weighted by Crippen LogP contribution is -2.62. The minimum Gasteiger partial charge on any atom is -0.481 e. The lowest BCUT2D eigenvalue weighted by atomic mass is 9.98. The lowest BCUT2D eigenvalue weighted by Gasteiger charge is -2.38. The van der Waals surface area contributed by atoms with Crippen molar-refractivity contribution in [3.63, 3.8) is 0 Å². The topological polar surface area (TPSA) is 142 Å². The van der Waals surface area contributed by atoms with Gasteiger partial charge in [-0.25, -0.2) is 4.79 Å². The van der Waals surface area contributed by atoms with Crippen LogP contribution in [0.3, 0.4) is 0 Å². The van der Waals surface area contributed by atoms with E-state index in [4.69, 9.17) is 4.74 Å². The van der Waals surface area contributed by atoms with Crippen LogP contribution < -0.4 is 10.6 Å². The van der Waals surface area contributed by atoms with Gasteiger partial charge in [0.25, 0.3) is 0 Å². The Hall–Kier alpha value is -2.14. The van der Waals surface area contributed by atoms with Crippen molar-refractivity contribution in [2.75, 3.05) is 31.1 Å². The molecule has 0 spiro atoms. The number of carboxylic acids is 1. The lowest BCUT2D eigenvalue weighted by molar-refractivity contribution is -0.166. The molecule has 1 aliphatic heterocycles. The second kappa shape index (κ2) is 11.1. The fraction of sp³-hybridized carbons (Fsp3) is 0.762. The first-order valence-corrected chi connectivity index (χ1v) is 11.9. The Morgan fingerprint density at radius 2 is 2.00 bits per heavy atom. The number of rotatable bonds is 8. The summed E-state index contributed by atoms with van der Waals surface area (Å²) < 4.78 is 5.45. The Balaban J connectivity index is 2.07. The average molecular weight is 472 g/mol. The van der Waals surface area contributed by atoms with Crippen molar-refractivity contribution in [3.05, 3.63) is 0 Å². The van der Waals surface area contributed by atoms with Gasteiger partial charge in [0.05, 0.1) is 5.92 Å². The quantitative estimate of drug-likeness (QED) is 0.418. The maximum Gasteiger partial charge on any atom is 0.330 e. The highest BCUT2D eigenvalue weighted by Gasteiger charge is 2.40. The molecule has 1 saturated heterocycles. The molecule has 10 nitrogen and oxygen atoms in total. The highest BCUT2D eigenvalue weighted by molar-refractivity contribution is 7.99. The summed E-state index contributed by atoms with van der Waals surface area (Å²) in [6, 6.07) is -1.72. The van der Waals surface area contributed by atoms with E-state index in [9.17, 15) is 29.1 Å². The summed E-state index contributed by atoms with van der Waals surface area (Å²) in [6.07, 6.45) is 0.570. The summed E-state index contributed by atoms with van der Waals surface area (Å²) in [4.78, 5) is 62.5. The second-order valence-electron chi connectivity index (χ2n) is 9.13. The van der Waals surface area contributed by atoms with Gasteiger partial charge in [-0.2, -0.15) is 11.8 Å². The van der Waals surface area contributed by atoms with Crippen LogP contribution in [0.4, 0.5) is 0 Å². The Labute approximate surface area is 192 Å². The van der Waals surface area contributed by atoms with Crippen LogP contribution in [0.1, 0.15) is 40.5 Å². The largest absolute Gasteiger partial charge is 0.481 e. The molecule has 2 aliphatic rings. The van der Waals surface area contributed by atoms with Crippen molar-refractivity contribution in [2.45, 2.75) is 58.2 Å². The van der Waals surface area contributed by atoms with E-state index >= 15 is 0 Å². The van der Waals surface area contributed by atoms with Crippen molar-refractivity contribution in [1.29, 1.82) is 0 Å². The molecule has 2 fully saturated rings. The Kier molecular flexibility index (Phi) is 9.08. The minimum atomic E-state index is -0.989. The average Bonchev–Trinajstić information content (AvgIpc) is 3.06. The number of piperazine rings is 1. The van der Waals surface area contributed by atoms with Crippen LogP contribution >= 0.6 is 11.8 Å². The number of carbonyl (C=O) groups is 5. The van der Waals surface area contributed by atoms with E-state index in [2.05, 4.69) is 10.6 Å². The highest BCUT2D eigenvalue weighted by atomic mass is 32.2. The second-order valence-corrected chi connectivity index (χ2v) is 10.2. The van der Waals surface area contributed by atoms with E-state index < -0.39 is 53.3 Å². The molecule has 2 rings (SSSR count). The van der Waals surface area contributed by atoms with Crippen LogP contribution in [0.25, 0.3) is 0 Å². The molecule has 0 aromatic heterocycles. The standard InChI is InChI=1S/C21H33N3O7S/c1-12(25)23-15(11-32-10-14-13(19(28)29)5-6-17(14)26)18(27)24-8-7-22-9-16(24)20(30)31-21(2,3)4/h13-16,22H,5-11H2,1-4H3,(H,23,25)(H,28,29)/t13?,14?,15-,16+/m0/s1. The van der Waals surface area contributed by atoms with Crippen LogP contribution in [0.15, 0.2) is 0 Å². The van der Waals surface area contributed by atoms with Gasteiger partial charge >= 0.3 is 11.9 Å². The highest BCUT2D eigenvalue weighted by Crippen LogP contribution is 2.32. The molecule has 32 heavy (non-hydrogen) atoms. The van der Waals surface area contributed by atoms with E-state index in [-0.39, 0.29) is 36.8 Å². The molecular formula is C21H33N3O7S. The SMILES string of the molecule is CC(=O)N[C@@H](CSCC1C(=O)CCC1C(=O)O)C(=O)N1CCNC[C@@H]1C(=O)OC(C)(C)C. The van der Waals surface area contributed by atoms with Gasteiger partial charge in [-0.3, -0.25) is 19.2 Å². The number of hydrogen-bond donors (Lipinski definition) is 3. The number of esters is 1. The van der Waals surface area contributed by atoms with E-state index in [0.717, 1.165) is 0 Å². The number of ether oxygens (including phenoxy) is 1. The van der Waals surface area contributed by atoms with Gasteiger partial charge in [0.1, 0.15) is 23.5 Å². The molecule has 3 N–H and O–H groups in total. The Bertz CT molecular complexity index is 752. The first-order chi connectivity index (χ1) is 14.9. The zero-order chi connectivity index (χ0) is 24.1. The number of carboxylic acid groups (broad SMARTS) is 1. The summed E-state index contributed by atoms with van der Waals surface area (Å²) in [7, 11) is 0. The number of hydrogen-bond acceptors (Lipinski definition) is 8. The molecule has 0 radical (unpaired) electrons. The van der Waals surface area contributed by atoms with Crippen molar-refractivity contribution < 1.29 is 33.8 Å². The molecule has 1 saturated carbocycles. The van der Waals surface area contributed by atoms with Gasteiger partial charge in [0.15, 0.2) is 0 Å². The summed E-state index contributed by atoms with van der Waals surface area (Å²) >= 11 is 1.26. The summed E-state index contributed by atoms with van der Waals surface area (Å²) in [6.45, 7) is 7.58. The molecule has 1 aliphatic carbocycles. The van der Waals surface area contributed by atoms with Gasteiger partial charge in [-0.05, 0) is 27.2 Å². The Morgan fingerprint density at radius 3 is 2.59 bits per heavy atom. The van der Waals surface area contributed by atoms with Crippen molar-refractivity contribution >= 4 is 41.3 Å². The summed E-state index contributed by atoms with van der Waals surface area (Å²) in [5.41, 5.74) is -0.704. The molecule has 180 valence electrons. The molecule has 11 heteroatoms. The fourth-order valence-corrected chi connectivity index (χ4v) is 5.16. The van der Waals surface area contributed by atoms with E-state index in [1.807, 2.05) is 0 Å². The van der Waals surface area contributed by atoms with Crippen molar-refractivity contribution in [3.8, 4) is 0 Å². The molecule has 1 heterocycles. The molecule has 2 unspecified atom stereocenters. The van der Waals surface area contributed by atoms with E-state index in [1.54, 1.807) is 20.8 Å². The first-order valence-electron chi connectivity index (χ1n) is 10.7. The third-order valence-corrected chi connectivity index (χ3v) is 6.54. The smallest absolute Gasteiger partial charge is 0.330 e. The van der Waals surface area contributed by atoms with Gasteiger partial charge in [0.2, 0.25) is 11.8 Å². The van der Waals surface area contributed by atoms with Crippen LogP contribution in [0, 0.1) is 11.8 Å². The first kappa shape index (κ1) is 26.1. The summed E-state index contributed by atoms with van der Waals surface area (Å²) in [5, 5.41) is 15.0. The van der Waals surface area contributed by atoms with Crippen LogP contribution in [0.2, 0.25) is 0 Å². The number of nitrogens with one attached hydrogen (secondary N) is 2.